The Morgan fingerprint density at radius 1 is 1.06 bits per heavy atom. The van der Waals surface area contributed by atoms with Gasteiger partial charge in [-0.05, 0) is 54.5 Å². The van der Waals surface area contributed by atoms with Crippen molar-refractivity contribution < 1.29 is 22.7 Å². The number of ketones is 1. The third-order valence-corrected chi connectivity index (χ3v) is 8.71. The first-order chi connectivity index (χ1) is 16.7. The zero-order chi connectivity index (χ0) is 24.7. The second-order valence-corrected chi connectivity index (χ2v) is 11.0. The van der Waals surface area contributed by atoms with E-state index in [0.29, 0.717) is 24.2 Å². The highest BCUT2D eigenvalue weighted by Crippen LogP contribution is 2.37. The molecule has 1 aromatic heterocycles. The Kier molecular flexibility index (Phi) is 6.06. The summed E-state index contributed by atoms with van der Waals surface area (Å²) in [5, 5.41) is 0.0149. The topological polar surface area (TPSA) is 98.6 Å². The van der Waals surface area contributed by atoms with E-state index in [1.165, 1.54) is 21.6 Å². The lowest BCUT2D eigenvalue weighted by atomic mass is 9.98. The van der Waals surface area contributed by atoms with Gasteiger partial charge in [0.15, 0.2) is 17.4 Å². The first kappa shape index (κ1) is 23.4. The van der Waals surface area contributed by atoms with Crippen LogP contribution in [0, 0.1) is 12.8 Å². The van der Waals surface area contributed by atoms with Crippen molar-refractivity contribution in [2.24, 2.45) is 13.0 Å². The number of benzene rings is 2. The molecule has 0 amide bonds. The highest BCUT2D eigenvalue weighted by molar-refractivity contribution is 7.89. The van der Waals surface area contributed by atoms with Crippen LogP contribution in [0.15, 0.2) is 53.7 Å². The van der Waals surface area contributed by atoms with Gasteiger partial charge in [-0.3, -0.25) is 9.59 Å². The summed E-state index contributed by atoms with van der Waals surface area (Å²) >= 11 is 0. The minimum atomic E-state index is -3.71. The van der Waals surface area contributed by atoms with Gasteiger partial charge in [0.25, 0.3) is 10.0 Å². The number of fused-ring (bicyclic) bond motifs is 3. The Morgan fingerprint density at radius 3 is 2.49 bits per heavy atom. The van der Waals surface area contributed by atoms with Crippen molar-refractivity contribution >= 4 is 21.8 Å². The molecule has 0 radical (unpaired) electrons. The molecule has 9 heteroatoms. The smallest absolute Gasteiger partial charge is 0.309 e. The van der Waals surface area contributed by atoms with Crippen LogP contribution in [-0.4, -0.2) is 53.7 Å². The number of nitrogens with zero attached hydrogens (tertiary/aromatic N) is 3. The lowest BCUT2D eigenvalue weighted by Crippen LogP contribution is -2.41. The quantitative estimate of drug-likeness (QED) is 0.302. The summed E-state index contributed by atoms with van der Waals surface area (Å²) in [7, 11) is -1.96. The molecule has 0 atom stereocenters. The lowest BCUT2D eigenvalue weighted by Gasteiger charge is -2.29. The van der Waals surface area contributed by atoms with Crippen molar-refractivity contribution in [2.45, 2.75) is 31.2 Å². The Balaban J connectivity index is 1.17. The number of carbonyl (C=O) groups excluding carboxylic acids is 2. The Labute approximate surface area is 204 Å². The number of carbonyl (C=O) groups is 2. The van der Waals surface area contributed by atoms with E-state index in [0.717, 1.165) is 17.5 Å². The van der Waals surface area contributed by atoms with E-state index < -0.39 is 21.9 Å². The molecular weight excluding hydrogens is 466 g/mol. The van der Waals surface area contributed by atoms with Gasteiger partial charge in [-0.1, -0.05) is 36.4 Å². The summed E-state index contributed by atoms with van der Waals surface area (Å²) in [4.78, 5) is 29.5. The predicted octanol–water partition coefficient (Wildman–Crippen LogP) is 3.13. The minimum absolute atomic E-state index is 0.0149. The largest absolute Gasteiger partial charge is 0.457 e. The molecule has 0 bridgehead atoms. The van der Waals surface area contributed by atoms with E-state index >= 15 is 0 Å². The summed E-state index contributed by atoms with van der Waals surface area (Å²) in [6.07, 6.45) is 3.03. The zero-order valence-electron chi connectivity index (χ0n) is 19.7. The first-order valence-electron chi connectivity index (χ1n) is 11.6. The number of esters is 1. The second-order valence-electron chi connectivity index (χ2n) is 9.15. The van der Waals surface area contributed by atoms with Crippen molar-refractivity contribution in [1.82, 2.24) is 13.9 Å². The van der Waals surface area contributed by atoms with Gasteiger partial charge in [0.05, 0.1) is 5.92 Å². The Morgan fingerprint density at radius 2 is 1.77 bits per heavy atom. The molecule has 182 valence electrons. The maximum atomic E-state index is 12.8. The van der Waals surface area contributed by atoms with Gasteiger partial charge < -0.3 is 9.30 Å². The fraction of sp³-hybridized carbons (Fsp3) is 0.346. The van der Waals surface area contributed by atoms with E-state index in [1.54, 1.807) is 24.6 Å². The van der Waals surface area contributed by atoms with Crippen molar-refractivity contribution in [3.63, 3.8) is 0 Å². The number of hydrogen-bond donors (Lipinski definition) is 0. The molecule has 0 N–H and O–H groups in total. The molecule has 0 spiro atoms. The summed E-state index contributed by atoms with van der Waals surface area (Å²) < 4.78 is 34.0. The number of Topliss-reactive ketones (excluding diaryl/α,β-unsaturated/α-hetero) is 1. The SMILES string of the molecule is Cc1nc(S(=O)(=O)N2CCC(C(=O)OCC(=O)c3ccc4c(c3)-c3ccccc3C4)CC2)cn1C. The summed E-state index contributed by atoms with van der Waals surface area (Å²) in [6, 6.07) is 13.8. The van der Waals surface area contributed by atoms with Gasteiger partial charge in [-0.25, -0.2) is 13.4 Å². The Hall–Kier alpha value is -3.30. The van der Waals surface area contributed by atoms with Gasteiger partial charge in [0.1, 0.15) is 5.82 Å². The molecule has 1 saturated heterocycles. The third kappa shape index (κ3) is 4.41. The summed E-state index contributed by atoms with van der Waals surface area (Å²) in [5.41, 5.74) is 5.12. The molecule has 0 unspecified atom stereocenters. The van der Waals surface area contributed by atoms with E-state index in [9.17, 15) is 18.0 Å². The molecule has 2 aliphatic rings. The van der Waals surface area contributed by atoms with Crippen LogP contribution in [0.2, 0.25) is 0 Å². The molecule has 1 aliphatic carbocycles. The minimum Gasteiger partial charge on any atom is -0.457 e. The molecule has 8 nitrogen and oxygen atoms in total. The maximum absolute atomic E-state index is 12.8. The van der Waals surface area contributed by atoms with E-state index in [1.807, 2.05) is 24.3 Å². The second kappa shape index (κ2) is 9.05. The normalized spacial score (nSPS) is 16.1. The number of piperidine rings is 1. The molecule has 5 rings (SSSR count). The monoisotopic (exact) mass is 493 g/mol. The number of imidazole rings is 1. The van der Waals surface area contributed by atoms with Gasteiger partial charge in [0, 0.05) is 31.9 Å². The molecule has 0 saturated carbocycles. The van der Waals surface area contributed by atoms with Gasteiger partial charge in [0.2, 0.25) is 0 Å². The average Bonchev–Trinajstić information content (AvgIpc) is 3.41. The van der Waals surface area contributed by atoms with Crippen LogP contribution in [0.3, 0.4) is 0 Å². The fourth-order valence-corrected chi connectivity index (χ4v) is 6.24. The molecular formula is C26H27N3O5S. The highest BCUT2D eigenvalue weighted by atomic mass is 32.2. The standard InChI is InChI=1S/C26H27N3O5S/c1-17-27-25(15-28(17)2)35(32,33)29-11-9-18(10-12-29)26(31)34-16-24(30)21-8-7-20-13-19-5-3-4-6-22(19)23(20)14-21/h3-8,14-15,18H,9-13,16H2,1-2H3. The zero-order valence-corrected chi connectivity index (χ0v) is 20.5. The molecule has 3 aromatic rings. The Bertz CT molecular complexity index is 1400. The van der Waals surface area contributed by atoms with Crippen LogP contribution in [-0.2, 0) is 33.0 Å². The van der Waals surface area contributed by atoms with E-state index in [2.05, 4.69) is 17.1 Å². The lowest BCUT2D eigenvalue weighted by molar-refractivity contribution is -0.148. The van der Waals surface area contributed by atoms with Crippen LogP contribution < -0.4 is 0 Å². The average molecular weight is 494 g/mol. The van der Waals surface area contributed by atoms with Crippen LogP contribution in [0.5, 0.6) is 0 Å². The summed E-state index contributed by atoms with van der Waals surface area (Å²) in [5.74, 6) is -0.544. The molecule has 2 heterocycles. The maximum Gasteiger partial charge on any atom is 0.309 e. The van der Waals surface area contributed by atoms with Crippen molar-refractivity contribution in [3.05, 3.63) is 71.2 Å². The fourth-order valence-electron chi connectivity index (χ4n) is 4.75. The van der Waals surface area contributed by atoms with E-state index in [4.69, 9.17) is 4.74 Å². The number of ether oxygens (including phenoxy) is 1. The van der Waals surface area contributed by atoms with Gasteiger partial charge in [-0.2, -0.15) is 4.31 Å². The van der Waals surface area contributed by atoms with Crippen LogP contribution in [0.25, 0.3) is 11.1 Å². The van der Waals surface area contributed by atoms with Gasteiger partial charge >= 0.3 is 5.97 Å². The van der Waals surface area contributed by atoms with Crippen LogP contribution in [0.4, 0.5) is 0 Å². The number of rotatable bonds is 6. The molecule has 1 aliphatic heterocycles. The number of aryl methyl sites for hydroxylation is 2. The third-order valence-electron chi connectivity index (χ3n) is 6.94. The first-order valence-corrected chi connectivity index (χ1v) is 13.1. The number of sulfonamides is 1. The van der Waals surface area contributed by atoms with Gasteiger partial charge in [-0.15, -0.1) is 0 Å². The predicted molar refractivity (Wildman–Crippen MR) is 129 cm³/mol. The van der Waals surface area contributed by atoms with Crippen LogP contribution >= 0.6 is 0 Å². The van der Waals surface area contributed by atoms with Crippen molar-refractivity contribution in [1.29, 1.82) is 0 Å². The summed E-state index contributed by atoms with van der Waals surface area (Å²) in [6.45, 7) is 1.82. The molecule has 35 heavy (non-hydrogen) atoms. The number of aromatic nitrogens is 2. The van der Waals surface area contributed by atoms with Crippen molar-refractivity contribution in [3.8, 4) is 11.1 Å². The van der Waals surface area contributed by atoms with E-state index in [-0.39, 0.29) is 30.5 Å². The molecule has 2 aromatic carbocycles. The van der Waals surface area contributed by atoms with Crippen molar-refractivity contribution in [2.75, 3.05) is 19.7 Å². The highest BCUT2D eigenvalue weighted by Gasteiger charge is 2.34. The molecule has 1 fully saturated rings. The van der Waals surface area contributed by atoms with Crippen LogP contribution in [0.1, 0.15) is 40.2 Å². The number of hydrogen-bond acceptors (Lipinski definition) is 6.